The van der Waals surface area contributed by atoms with Crippen LogP contribution < -0.4 is 5.32 Å². The zero-order chi connectivity index (χ0) is 12.3. The van der Waals surface area contributed by atoms with Crippen molar-refractivity contribution in [2.24, 2.45) is 0 Å². The van der Waals surface area contributed by atoms with Crippen molar-refractivity contribution in [3.05, 3.63) is 35.1 Å². The molecule has 0 saturated heterocycles. The molecule has 1 amide bonds. The Hall–Kier alpha value is -1.91. The molecular weight excluding hydrogens is 213 g/mol. The molecule has 0 aromatic heterocycles. The summed E-state index contributed by atoms with van der Waals surface area (Å²) in [7, 11) is 0. The lowest BCUT2D eigenvalue weighted by molar-refractivity contribution is -0.138. The van der Waals surface area contributed by atoms with Crippen LogP contribution in [-0.4, -0.2) is 23.0 Å². The molecule has 86 valence electrons. The Kier molecular flexibility index (Phi) is 3.60. The van der Waals surface area contributed by atoms with Crippen LogP contribution in [0.15, 0.2) is 18.2 Å². The van der Waals surface area contributed by atoms with Crippen molar-refractivity contribution in [2.45, 2.75) is 19.9 Å². The van der Waals surface area contributed by atoms with Gasteiger partial charge in [-0.3, -0.25) is 9.59 Å². The smallest absolute Gasteiger partial charge is 0.325 e. The highest BCUT2D eigenvalue weighted by Gasteiger charge is 2.17. The molecular formula is C11H12FNO3. The summed E-state index contributed by atoms with van der Waals surface area (Å²) < 4.78 is 13.3. The summed E-state index contributed by atoms with van der Waals surface area (Å²) in [5, 5.41) is 10.8. The molecule has 2 N–H and O–H groups in total. The average molecular weight is 225 g/mol. The van der Waals surface area contributed by atoms with Crippen LogP contribution in [0, 0.1) is 12.7 Å². The molecule has 1 aromatic carbocycles. The SMILES string of the molecule is Cc1ccc(F)c(C(=O)N[C@@H](C)C(=O)O)c1. The number of rotatable bonds is 3. The van der Waals surface area contributed by atoms with E-state index in [9.17, 15) is 14.0 Å². The van der Waals surface area contributed by atoms with Gasteiger partial charge in [-0.15, -0.1) is 0 Å². The van der Waals surface area contributed by atoms with Crippen LogP contribution in [0.3, 0.4) is 0 Å². The van der Waals surface area contributed by atoms with E-state index in [0.29, 0.717) is 0 Å². The Morgan fingerprint density at radius 1 is 1.44 bits per heavy atom. The lowest BCUT2D eigenvalue weighted by atomic mass is 10.1. The third kappa shape index (κ3) is 2.79. The second-order valence-electron chi connectivity index (χ2n) is 3.52. The standard InChI is InChI=1S/C11H12FNO3/c1-6-3-4-9(12)8(5-6)10(14)13-7(2)11(15)16/h3-5,7H,1-2H3,(H,13,14)(H,15,16)/t7-/m0/s1. The number of hydrogen-bond acceptors (Lipinski definition) is 2. The number of amides is 1. The first-order chi connectivity index (χ1) is 7.41. The number of nitrogens with one attached hydrogen (secondary N) is 1. The highest BCUT2D eigenvalue weighted by Crippen LogP contribution is 2.09. The number of aliphatic carboxylic acids is 1. The predicted octanol–water partition coefficient (Wildman–Crippen LogP) is 1.34. The second-order valence-corrected chi connectivity index (χ2v) is 3.52. The van der Waals surface area contributed by atoms with Crippen molar-refractivity contribution in [2.75, 3.05) is 0 Å². The maximum atomic E-state index is 13.3. The molecule has 0 aliphatic heterocycles. The van der Waals surface area contributed by atoms with Crippen molar-refractivity contribution in [1.82, 2.24) is 5.32 Å². The number of carboxylic acids is 1. The summed E-state index contributed by atoms with van der Waals surface area (Å²) in [6.45, 7) is 3.03. The van der Waals surface area contributed by atoms with Crippen LogP contribution in [0.4, 0.5) is 4.39 Å². The van der Waals surface area contributed by atoms with E-state index in [0.717, 1.165) is 5.56 Å². The molecule has 0 bridgehead atoms. The van der Waals surface area contributed by atoms with E-state index < -0.39 is 23.7 Å². The molecule has 1 rings (SSSR count). The zero-order valence-corrected chi connectivity index (χ0v) is 8.95. The van der Waals surface area contributed by atoms with Gasteiger partial charge in [0.15, 0.2) is 0 Å². The molecule has 0 unspecified atom stereocenters. The van der Waals surface area contributed by atoms with Gasteiger partial charge >= 0.3 is 5.97 Å². The van der Waals surface area contributed by atoms with Crippen LogP contribution in [0.25, 0.3) is 0 Å². The van der Waals surface area contributed by atoms with Gasteiger partial charge in [-0.1, -0.05) is 11.6 Å². The Morgan fingerprint density at radius 2 is 2.06 bits per heavy atom. The summed E-state index contributed by atoms with van der Waals surface area (Å²) in [6, 6.07) is 3.04. The molecule has 5 heteroatoms. The predicted molar refractivity (Wildman–Crippen MR) is 55.7 cm³/mol. The number of carbonyl (C=O) groups is 2. The number of benzene rings is 1. The third-order valence-corrected chi connectivity index (χ3v) is 2.08. The van der Waals surface area contributed by atoms with E-state index in [-0.39, 0.29) is 5.56 Å². The minimum absolute atomic E-state index is 0.145. The van der Waals surface area contributed by atoms with Crippen LogP contribution in [0.2, 0.25) is 0 Å². The summed E-state index contributed by atoms with van der Waals surface area (Å²) in [5.74, 6) is -2.56. The van der Waals surface area contributed by atoms with Crippen LogP contribution >= 0.6 is 0 Å². The lowest BCUT2D eigenvalue weighted by Crippen LogP contribution is -2.38. The number of carboxylic acid groups (broad SMARTS) is 1. The first-order valence-electron chi connectivity index (χ1n) is 4.71. The van der Waals surface area contributed by atoms with Crippen molar-refractivity contribution in [1.29, 1.82) is 0 Å². The van der Waals surface area contributed by atoms with Gasteiger partial charge in [0.05, 0.1) is 5.56 Å². The van der Waals surface area contributed by atoms with E-state index in [1.807, 2.05) is 0 Å². The summed E-state index contributed by atoms with van der Waals surface area (Å²) in [4.78, 5) is 22.0. The van der Waals surface area contributed by atoms with Crippen LogP contribution in [-0.2, 0) is 4.79 Å². The molecule has 0 aliphatic rings. The molecule has 0 heterocycles. The molecule has 0 fully saturated rings. The zero-order valence-electron chi connectivity index (χ0n) is 8.95. The Morgan fingerprint density at radius 3 is 2.62 bits per heavy atom. The van der Waals surface area contributed by atoms with Gasteiger partial charge < -0.3 is 10.4 Å². The molecule has 1 aromatic rings. The number of carbonyl (C=O) groups excluding carboxylic acids is 1. The van der Waals surface area contributed by atoms with E-state index in [4.69, 9.17) is 5.11 Å². The molecule has 0 radical (unpaired) electrons. The van der Waals surface area contributed by atoms with Crippen LogP contribution in [0.1, 0.15) is 22.8 Å². The van der Waals surface area contributed by atoms with Gasteiger partial charge in [-0.05, 0) is 26.0 Å². The summed E-state index contributed by atoms with van der Waals surface area (Å²) in [6.07, 6.45) is 0. The highest BCUT2D eigenvalue weighted by atomic mass is 19.1. The molecule has 1 atom stereocenters. The maximum absolute atomic E-state index is 13.3. The van der Waals surface area contributed by atoms with E-state index in [1.165, 1.54) is 25.1 Å². The fourth-order valence-electron chi connectivity index (χ4n) is 1.15. The van der Waals surface area contributed by atoms with Gasteiger partial charge in [0, 0.05) is 0 Å². The van der Waals surface area contributed by atoms with E-state index >= 15 is 0 Å². The quantitative estimate of drug-likeness (QED) is 0.815. The Labute approximate surface area is 92.1 Å². The van der Waals surface area contributed by atoms with Crippen molar-refractivity contribution >= 4 is 11.9 Å². The average Bonchev–Trinajstić information content (AvgIpc) is 2.21. The van der Waals surface area contributed by atoms with Crippen molar-refractivity contribution < 1.29 is 19.1 Å². The fraction of sp³-hybridized carbons (Fsp3) is 0.273. The first kappa shape index (κ1) is 12.2. The summed E-state index contributed by atoms with van der Waals surface area (Å²) in [5.41, 5.74) is 0.586. The first-order valence-corrected chi connectivity index (χ1v) is 4.71. The number of halogens is 1. The Balaban J connectivity index is 2.88. The van der Waals surface area contributed by atoms with Gasteiger partial charge in [0.25, 0.3) is 5.91 Å². The topological polar surface area (TPSA) is 66.4 Å². The van der Waals surface area contributed by atoms with Gasteiger partial charge in [-0.25, -0.2) is 4.39 Å². The lowest BCUT2D eigenvalue weighted by Gasteiger charge is -2.10. The van der Waals surface area contributed by atoms with Crippen molar-refractivity contribution in [3.63, 3.8) is 0 Å². The van der Waals surface area contributed by atoms with Crippen molar-refractivity contribution in [3.8, 4) is 0 Å². The molecule has 4 nitrogen and oxygen atoms in total. The Bertz CT molecular complexity index is 431. The largest absolute Gasteiger partial charge is 0.480 e. The normalized spacial score (nSPS) is 11.9. The molecule has 16 heavy (non-hydrogen) atoms. The molecule has 0 spiro atoms. The fourth-order valence-corrected chi connectivity index (χ4v) is 1.15. The van der Waals surface area contributed by atoms with Gasteiger partial charge in [-0.2, -0.15) is 0 Å². The highest BCUT2D eigenvalue weighted by molar-refractivity contribution is 5.96. The number of hydrogen-bond donors (Lipinski definition) is 2. The minimum atomic E-state index is -1.17. The molecule has 0 aliphatic carbocycles. The third-order valence-electron chi connectivity index (χ3n) is 2.08. The summed E-state index contributed by atoms with van der Waals surface area (Å²) >= 11 is 0. The monoisotopic (exact) mass is 225 g/mol. The minimum Gasteiger partial charge on any atom is -0.480 e. The maximum Gasteiger partial charge on any atom is 0.325 e. The second kappa shape index (κ2) is 4.74. The molecule has 0 saturated carbocycles. The van der Waals surface area contributed by atoms with E-state index in [1.54, 1.807) is 6.92 Å². The van der Waals surface area contributed by atoms with Crippen LogP contribution in [0.5, 0.6) is 0 Å². The van der Waals surface area contributed by atoms with Gasteiger partial charge in [0.2, 0.25) is 0 Å². The van der Waals surface area contributed by atoms with Gasteiger partial charge in [0.1, 0.15) is 11.9 Å². The number of aryl methyl sites for hydroxylation is 1. The van der Waals surface area contributed by atoms with E-state index in [2.05, 4.69) is 5.32 Å².